The van der Waals surface area contributed by atoms with Crippen molar-refractivity contribution in [2.45, 2.75) is 39.8 Å². The van der Waals surface area contributed by atoms with Gasteiger partial charge in [-0.3, -0.25) is 9.59 Å². The first-order valence-electron chi connectivity index (χ1n) is 11.2. The minimum absolute atomic E-state index is 0.0613. The van der Waals surface area contributed by atoms with Gasteiger partial charge in [0, 0.05) is 23.8 Å². The smallest absolute Gasteiger partial charge is 0.254 e. The summed E-state index contributed by atoms with van der Waals surface area (Å²) in [5.74, 6) is 0.483. The number of nitrogens with zero attached hydrogens (tertiary/aromatic N) is 3. The number of furan rings is 1. The fraction of sp³-hybridized carbons (Fsp3) is 0.320. The quantitative estimate of drug-likeness (QED) is 0.549. The molecule has 0 aliphatic carbocycles. The zero-order valence-electron chi connectivity index (χ0n) is 19.4. The molecule has 1 aromatic heterocycles. The Bertz CT molecular complexity index is 1170. The van der Waals surface area contributed by atoms with Crippen molar-refractivity contribution in [3.8, 4) is 0 Å². The van der Waals surface area contributed by atoms with E-state index >= 15 is 0 Å². The van der Waals surface area contributed by atoms with Crippen LogP contribution in [0.1, 0.15) is 44.6 Å². The molecule has 0 saturated carbocycles. The molecule has 9 heteroatoms. The van der Waals surface area contributed by atoms with Crippen LogP contribution >= 0.6 is 23.4 Å². The van der Waals surface area contributed by atoms with Crippen LogP contribution in [0.25, 0.3) is 0 Å². The van der Waals surface area contributed by atoms with Crippen molar-refractivity contribution in [2.24, 2.45) is 4.99 Å². The van der Waals surface area contributed by atoms with E-state index in [0.717, 1.165) is 16.4 Å². The summed E-state index contributed by atoms with van der Waals surface area (Å²) in [7, 11) is 0. The lowest BCUT2D eigenvalue weighted by atomic mass is 9.92. The maximum absolute atomic E-state index is 13.6. The number of halogens is 1. The minimum Gasteiger partial charge on any atom is -0.467 e. The standard InChI is InChI=1S/C25H27ClN4O3S/c1-4-29(5-2)24(32)22-16(3)28-25-30(23(22)17-8-6-9-18(26)12-17)19(15-34-25)13-21(31)27-14-20-10-7-11-33-20/h6-12,15,23H,4-5,13-14H2,1-3H3,(H,27,31). The zero-order valence-corrected chi connectivity index (χ0v) is 20.9. The molecule has 1 N–H and O–H groups in total. The first-order valence-corrected chi connectivity index (χ1v) is 12.5. The van der Waals surface area contributed by atoms with E-state index in [0.29, 0.717) is 41.7 Å². The van der Waals surface area contributed by atoms with Gasteiger partial charge in [0.1, 0.15) is 5.76 Å². The molecule has 2 aromatic rings. The maximum atomic E-state index is 13.6. The number of carbonyl (C=O) groups is 2. The Labute approximate surface area is 208 Å². The Hall–Kier alpha value is -2.97. The van der Waals surface area contributed by atoms with Gasteiger partial charge in [-0.05, 0) is 56.0 Å². The van der Waals surface area contributed by atoms with Crippen LogP contribution in [-0.2, 0) is 16.1 Å². The van der Waals surface area contributed by atoms with E-state index in [1.807, 2.05) is 61.4 Å². The number of nitrogens with one attached hydrogen (secondary N) is 1. The molecule has 0 saturated heterocycles. The van der Waals surface area contributed by atoms with Crippen molar-refractivity contribution < 1.29 is 14.0 Å². The van der Waals surface area contributed by atoms with Crippen LogP contribution in [0.4, 0.5) is 0 Å². The molecule has 2 amide bonds. The van der Waals surface area contributed by atoms with Crippen molar-refractivity contribution in [1.82, 2.24) is 15.1 Å². The predicted molar refractivity (Wildman–Crippen MR) is 135 cm³/mol. The highest BCUT2D eigenvalue weighted by Gasteiger charge is 2.41. The molecule has 1 atom stereocenters. The number of hydrogen-bond donors (Lipinski definition) is 1. The number of rotatable bonds is 8. The van der Waals surface area contributed by atoms with Crippen molar-refractivity contribution in [3.63, 3.8) is 0 Å². The van der Waals surface area contributed by atoms with E-state index in [9.17, 15) is 9.59 Å². The summed E-state index contributed by atoms with van der Waals surface area (Å²) in [6.07, 6.45) is 1.72. The highest BCUT2D eigenvalue weighted by Crippen LogP contribution is 2.45. The van der Waals surface area contributed by atoms with Gasteiger partial charge in [-0.15, -0.1) is 0 Å². The molecule has 2 aliphatic heterocycles. The van der Waals surface area contributed by atoms with Crippen molar-refractivity contribution in [3.05, 3.63) is 81.4 Å². The summed E-state index contributed by atoms with van der Waals surface area (Å²) in [5.41, 5.74) is 2.93. The number of amidine groups is 1. The average molecular weight is 499 g/mol. The number of fused-ring (bicyclic) bond motifs is 1. The Kier molecular flexibility index (Phi) is 7.48. The van der Waals surface area contributed by atoms with E-state index in [2.05, 4.69) is 5.32 Å². The van der Waals surface area contributed by atoms with Gasteiger partial charge in [-0.1, -0.05) is 35.5 Å². The van der Waals surface area contributed by atoms with Gasteiger partial charge in [0.25, 0.3) is 5.91 Å². The van der Waals surface area contributed by atoms with Gasteiger partial charge in [-0.2, -0.15) is 0 Å². The lowest BCUT2D eigenvalue weighted by molar-refractivity contribution is -0.127. The second-order valence-electron chi connectivity index (χ2n) is 7.96. The molecule has 0 spiro atoms. The summed E-state index contributed by atoms with van der Waals surface area (Å²) in [4.78, 5) is 34.9. The number of aliphatic imine (C=N–C) groups is 1. The molecule has 0 bridgehead atoms. The Morgan fingerprint density at radius 2 is 2.03 bits per heavy atom. The van der Waals surface area contributed by atoms with Crippen LogP contribution in [0.15, 0.2) is 74.4 Å². The summed E-state index contributed by atoms with van der Waals surface area (Å²) in [6, 6.07) is 10.7. The van der Waals surface area contributed by atoms with Crippen molar-refractivity contribution in [1.29, 1.82) is 0 Å². The normalized spacial score (nSPS) is 17.3. The molecule has 7 nitrogen and oxygen atoms in total. The van der Waals surface area contributed by atoms with E-state index in [4.69, 9.17) is 21.0 Å². The Balaban J connectivity index is 1.66. The molecule has 1 aromatic carbocycles. The Morgan fingerprint density at radius 1 is 1.24 bits per heavy atom. The number of amides is 2. The average Bonchev–Trinajstić information content (AvgIpc) is 3.47. The first kappa shape index (κ1) is 24.2. The molecular formula is C25H27ClN4O3S. The highest BCUT2D eigenvalue weighted by atomic mass is 35.5. The number of allylic oxidation sites excluding steroid dienone is 1. The topological polar surface area (TPSA) is 78.1 Å². The monoisotopic (exact) mass is 498 g/mol. The number of hydrogen-bond acceptors (Lipinski definition) is 6. The van der Waals surface area contributed by atoms with Gasteiger partial charge < -0.3 is 19.5 Å². The van der Waals surface area contributed by atoms with Crippen LogP contribution in [0.3, 0.4) is 0 Å². The second-order valence-corrected chi connectivity index (χ2v) is 9.23. The number of thioether (sulfide) groups is 1. The first-order chi connectivity index (χ1) is 16.4. The lowest BCUT2D eigenvalue weighted by Crippen LogP contribution is -2.42. The molecule has 178 valence electrons. The van der Waals surface area contributed by atoms with Crippen molar-refractivity contribution in [2.75, 3.05) is 13.1 Å². The SMILES string of the molecule is CCN(CC)C(=O)C1=C(C)N=C2SC=C(CC(=O)NCc3ccco3)N2C1c1cccc(Cl)c1. The third-order valence-corrected chi connectivity index (χ3v) is 6.95. The maximum Gasteiger partial charge on any atom is 0.254 e. The van der Waals surface area contributed by atoms with Crippen molar-refractivity contribution >= 4 is 40.3 Å². The van der Waals surface area contributed by atoms with Crippen LogP contribution in [0.2, 0.25) is 5.02 Å². The molecular weight excluding hydrogens is 472 g/mol. The van der Waals surface area contributed by atoms with Gasteiger partial charge in [0.05, 0.1) is 36.5 Å². The van der Waals surface area contributed by atoms with Crippen LogP contribution in [0, 0.1) is 0 Å². The van der Waals surface area contributed by atoms with E-state index < -0.39 is 6.04 Å². The summed E-state index contributed by atoms with van der Waals surface area (Å²) < 4.78 is 5.30. The van der Waals surface area contributed by atoms with Crippen LogP contribution < -0.4 is 5.32 Å². The molecule has 0 radical (unpaired) electrons. The number of carbonyl (C=O) groups excluding carboxylic acids is 2. The fourth-order valence-corrected chi connectivity index (χ4v) is 5.31. The number of likely N-dealkylation sites (N-methyl/N-ethyl adjacent to an activating group) is 1. The third kappa shape index (κ3) is 4.93. The molecule has 34 heavy (non-hydrogen) atoms. The predicted octanol–water partition coefficient (Wildman–Crippen LogP) is 5.08. The second kappa shape index (κ2) is 10.5. The number of benzene rings is 1. The summed E-state index contributed by atoms with van der Waals surface area (Å²) in [6.45, 7) is 7.30. The molecule has 3 heterocycles. The third-order valence-electron chi connectivity index (χ3n) is 5.83. The van der Waals surface area contributed by atoms with Gasteiger partial charge in [0.2, 0.25) is 5.91 Å². The Morgan fingerprint density at radius 3 is 2.71 bits per heavy atom. The summed E-state index contributed by atoms with van der Waals surface area (Å²) in [5, 5.41) is 6.15. The van der Waals surface area contributed by atoms with Gasteiger partial charge in [0.15, 0.2) is 5.17 Å². The highest BCUT2D eigenvalue weighted by molar-refractivity contribution is 8.16. The molecule has 0 fully saturated rings. The minimum atomic E-state index is -0.432. The largest absolute Gasteiger partial charge is 0.467 e. The zero-order chi connectivity index (χ0) is 24.2. The van der Waals surface area contributed by atoms with E-state index in [1.54, 1.807) is 17.2 Å². The van der Waals surface area contributed by atoms with Gasteiger partial charge in [-0.25, -0.2) is 4.99 Å². The summed E-state index contributed by atoms with van der Waals surface area (Å²) >= 11 is 7.80. The van der Waals surface area contributed by atoms with E-state index in [1.165, 1.54) is 11.8 Å². The molecule has 2 aliphatic rings. The fourth-order valence-electron chi connectivity index (χ4n) is 4.14. The van der Waals surface area contributed by atoms with Gasteiger partial charge >= 0.3 is 0 Å². The lowest BCUT2D eigenvalue weighted by Gasteiger charge is -2.38. The van der Waals surface area contributed by atoms with Crippen LogP contribution in [0.5, 0.6) is 0 Å². The molecule has 1 unspecified atom stereocenters. The van der Waals surface area contributed by atoms with Crippen LogP contribution in [-0.4, -0.2) is 39.9 Å². The molecule has 4 rings (SSSR count). The van der Waals surface area contributed by atoms with E-state index in [-0.39, 0.29) is 18.2 Å².